The molecule has 0 unspecified atom stereocenters. The number of anilines is 1. The molecule has 0 aliphatic heterocycles. The number of rotatable bonds is 7. The molecular formula is C24H21Br2N3O3. The maximum absolute atomic E-state index is 12.3. The Morgan fingerprint density at radius 1 is 1.00 bits per heavy atom. The van der Waals surface area contributed by atoms with E-state index in [-0.39, 0.29) is 18.4 Å². The number of amides is 2. The first-order valence-electron chi connectivity index (χ1n) is 9.71. The molecule has 0 atom stereocenters. The number of hydrogen-bond donors (Lipinski definition) is 2. The molecule has 0 aromatic heterocycles. The van der Waals surface area contributed by atoms with Crippen LogP contribution >= 0.6 is 31.9 Å². The van der Waals surface area contributed by atoms with Crippen LogP contribution < -0.4 is 15.5 Å². The Hall–Kier alpha value is -2.97. The van der Waals surface area contributed by atoms with E-state index in [1.54, 1.807) is 36.4 Å². The lowest BCUT2D eigenvalue weighted by Crippen LogP contribution is -2.21. The summed E-state index contributed by atoms with van der Waals surface area (Å²) in [5.74, 6) is -0.0619. The molecule has 2 amide bonds. The topological polar surface area (TPSA) is 79.8 Å². The number of nitrogens with one attached hydrogen (secondary N) is 2. The van der Waals surface area contributed by atoms with Gasteiger partial charge in [0.05, 0.1) is 15.2 Å². The molecule has 32 heavy (non-hydrogen) atoms. The van der Waals surface area contributed by atoms with Crippen LogP contribution in [-0.4, -0.2) is 24.6 Å². The first kappa shape index (κ1) is 23.7. The van der Waals surface area contributed by atoms with Crippen molar-refractivity contribution in [1.29, 1.82) is 0 Å². The number of carbonyl (C=O) groups is 2. The average Bonchev–Trinajstić information content (AvgIpc) is 2.76. The minimum Gasteiger partial charge on any atom is -0.481 e. The zero-order valence-corrected chi connectivity index (χ0v) is 20.7. The van der Waals surface area contributed by atoms with Crippen molar-refractivity contribution in [2.24, 2.45) is 5.10 Å². The molecule has 0 radical (unpaired) electrons. The molecule has 6 nitrogen and oxygen atoms in total. The number of hydrazone groups is 1. The Bertz CT molecular complexity index is 1140. The monoisotopic (exact) mass is 557 g/mol. The minimum atomic E-state index is -0.296. The zero-order chi connectivity index (χ0) is 23.1. The first-order valence-corrected chi connectivity index (χ1v) is 11.3. The van der Waals surface area contributed by atoms with Gasteiger partial charge in [-0.25, -0.2) is 5.43 Å². The van der Waals surface area contributed by atoms with Crippen molar-refractivity contribution < 1.29 is 14.3 Å². The van der Waals surface area contributed by atoms with Crippen LogP contribution in [0.5, 0.6) is 5.75 Å². The maximum atomic E-state index is 12.3. The molecular weight excluding hydrogens is 538 g/mol. The van der Waals surface area contributed by atoms with E-state index < -0.39 is 0 Å². The van der Waals surface area contributed by atoms with Gasteiger partial charge in [-0.1, -0.05) is 30.3 Å². The fraction of sp³-hybridized carbons (Fsp3) is 0.125. The van der Waals surface area contributed by atoms with Crippen molar-refractivity contribution in [2.75, 3.05) is 11.9 Å². The van der Waals surface area contributed by atoms with Crippen LogP contribution in [0.25, 0.3) is 0 Å². The molecule has 3 rings (SSSR count). The highest BCUT2D eigenvalue weighted by Crippen LogP contribution is 2.34. The number of ether oxygens (including phenoxy) is 1. The van der Waals surface area contributed by atoms with E-state index in [1.807, 2.05) is 38.1 Å². The van der Waals surface area contributed by atoms with Crippen LogP contribution in [0.3, 0.4) is 0 Å². The molecule has 0 aliphatic carbocycles. The Labute approximate surface area is 203 Å². The molecule has 0 saturated heterocycles. The van der Waals surface area contributed by atoms with E-state index >= 15 is 0 Å². The van der Waals surface area contributed by atoms with Gasteiger partial charge in [0.1, 0.15) is 5.75 Å². The third-order valence-corrected chi connectivity index (χ3v) is 5.63. The third kappa shape index (κ3) is 6.51. The number of halogens is 2. The van der Waals surface area contributed by atoms with Gasteiger partial charge in [-0.15, -0.1) is 0 Å². The summed E-state index contributed by atoms with van der Waals surface area (Å²) < 4.78 is 6.99. The summed E-state index contributed by atoms with van der Waals surface area (Å²) in [5.41, 5.74) is 6.55. The van der Waals surface area contributed by atoms with Gasteiger partial charge in [0.15, 0.2) is 6.61 Å². The van der Waals surface area contributed by atoms with Crippen LogP contribution in [-0.2, 0) is 4.79 Å². The van der Waals surface area contributed by atoms with Gasteiger partial charge < -0.3 is 10.1 Å². The normalized spacial score (nSPS) is 10.8. The molecule has 0 saturated carbocycles. The predicted molar refractivity (Wildman–Crippen MR) is 133 cm³/mol. The largest absolute Gasteiger partial charge is 0.481 e. The van der Waals surface area contributed by atoms with Crippen molar-refractivity contribution in [3.8, 4) is 5.75 Å². The van der Waals surface area contributed by atoms with Gasteiger partial charge in [0.2, 0.25) is 0 Å². The molecule has 2 N–H and O–H groups in total. The lowest BCUT2D eigenvalue weighted by Gasteiger charge is -2.13. The van der Waals surface area contributed by atoms with E-state index in [4.69, 9.17) is 4.74 Å². The summed E-state index contributed by atoms with van der Waals surface area (Å²) in [7, 11) is 0. The molecule has 8 heteroatoms. The van der Waals surface area contributed by atoms with Crippen molar-refractivity contribution >= 4 is 55.6 Å². The third-order valence-electron chi connectivity index (χ3n) is 4.45. The standard InChI is InChI=1S/C24H21Br2N3O3/c1-15-8-9-16(2)21(10-15)28-22(30)14-32-23-19(25)11-17(12-20(23)26)13-27-29-24(31)18-6-4-3-5-7-18/h3-13H,14H2,1-2H3,(H,28,30)(H,29,31)/b27-13+. The highest BCUT2D eigenvalue weighted by atomic mass is 79.9. The lowest BCUT2D eigenvalue weighted by molar-refractivity contribution is -0.118. The van der Waals surface area contributed by atoms with Gasteiger partial charge in [-0.3, -0.25) is 9.59 Å². The Morgan fingerprint density at radius 2 is 1.69 bits per heavy atom. The number of hydrogen-bond acceptors (Lipinski definition) is 4. The SMILES string of the molecule is Cc1ccc(C)c(NC(=O)COc2c(Br)cc(/C=N/NC(=O)c3ccccc3)cc2Br)c1. The summed E-state index contributed by atoms with van der Waals surface area (Å²) in [6, 6.07) is 18.3. The first-order chi connectivity index (χ1) is 15.3. The van der Waals surface area contributed by atoms with Gasteiger partial charge in [0.25, 0.3) is 11.8 Å². The van der Waals surface area contributed by atoms with Gasteiger partial charge in [-0.2, -0.15) is 5.10 Å². The minimum absolute atomic E-state index is 0.148. The van der Waals surface area contributed by atoms with Crippen LogP contribution in [0.15, 0.2) is 74.7 Å². The van der Waals surface area contributed by atoms with Crippen molar-refractivity contribution in [2.45, 2.75) is 13.8 Å². The Morgan fingerprint density at radius 3 is 2.38 bits per heavy atom. The van der Waals surface area contributed by atoms with Crippen molar-refractivity contribution in [3.05, 3.63) is 91.9 Å². The Kier molecular flexibility index (Phi) is 8.19. The van der Waals surface area contributed by atoms with E-state index in [0.29, 0.717) is 20.3 Å². The molecule has 0 aliphatic rings. The van der Waals surface area contributed by atoms with E-state index in [0.717, 1.165) is 22.4 Å². The van der Waals surface area contributed by atoms with Crippen LogP contribution in [0.2, 0.25) is 0 Å². The summed E-state index contributed by atoms with van der Waals surface area (Å²) in [6.07, 6.45) is 1.52. The van der Waals surface area contributed by atoms with Crippen LogP contribution in [0.1, 0.15) is 27.0 Å². The molecule has 3 aromatic rings. The molecule has 0 heterocycles. The van der Waals surface area contributed by atoms with Gasteiger partial charge in [0, 0.05) is 11.3 Å². The van der Waals surface area contributed by atoms with Gasteiger partial charge >= 0.3 is 0 Å². The smallest absolute Gasteiger partial charge is 0.271 e. The predicted octanol–water partition coefficient (Wildman–Crippen LogP) is 5.61. The molecule has 0 fully saturated rings. The zero-order valence-electron chi connectivity index (χ0n) is 17.5. The number of benzene rings is 3. The lowest BCUT2D eigenvalue weighted by atomic mass is 10.1. The second-order valence-electron chi connectivity index (χ2n) is 7.03. The summed E-state index contributed by atoms with van der Waals surface area (Å²) in [6.45, 7) is 3.76. The van der Waals surface area contributed by atoms with Gasteiger partial charge in [-0.05, 0) is 92.7 Å². The summed E-state index contributed by atoms with van der Waals surface area (Å²) in [4.78, 5) is 24.4. The van der Waals surface area contributed by atoms with Crippen molar-refractivity contribution in [1.82, 2.24) is 5.43 Å². The number of nitrogens with zero attached hydrogens (tertiary/aromatic N) is 1. The molecule has 0 spiro atoms. The quantitative estimate of drug-likeness (QED) is 0.292. The number of carbonyl (C=O) groups excluding carboxylic acids is 2. The highest BCUT2D eigenvalue weighted by Gasteiger charge is 2.12. The fourth-order valence-electron chi connectivity index (χ4n) is 2.81. The van der Waals surface area contributed by atoms with E-state index in [2.05, 4.69) is 47.7 Å². The fourth-order valence-corrected chi connectivity index (χ4v) is 4.26. The summed E-state index contributed by atoms with van der Waals surface area (Å²) >= 11 is 6.92. The highest BCUT2D eigenvalue weighted by molar-refractivity contribution is 9.11. The molecule has 164 valence electrons. The number of aryl methyl sites for hydroxylation is 2. The maximum Gasteiger partial charge on any atom is 0.271 e. The Balaban J connectivity index is 1.59. The summed E-state index contributed by atoms with van der Waals surface area (Å²) in [5, 5.41) is 6.86. The van der Waals surface area contributed by atoms with E-state index in [9.17, 15) is 9.59 Å². The van der Waals surface area contributed by atoms with Crippen LogP contribution in [0, 0.1) is 13.8 Å². The second-order valence-corrected chi connectivity index (χ2v) is 8.74. The molecule has 3 aromatic carbocycles. The molecule has 0 bridgehead atoms. The van der Waals surface area contributed by atoms with Crippen molar-refractivity contribution in [3.63, 3.8) is 0 Å². The van der Waals surface area contributed by atoms with E-state index in [1.165, 1.54) is 6.21 Å². The van der Waals surface area contributed by atoms with Crippen LogP contribution in [0.4, 0.5) is 5.69 Å². The second kappa shape index (κ2) is 11.1. The average molecular weight is 559 g/mol.